The van der Waals surface area contributed by atoms with Crippen molar-refractivity contribution in [3.63, 3.8) is 0 Å². The summed E-state index contributed by atoms with van der Waals surface area (Å²) >= 11 is 0. The lowest BCUT2D eigenvalue weighted by atomic mass is 10.1. The number of carbonyl (C=O) groups excluding carboxylic acids is 2. The summed E-state index contributed by atoms with van der Waals surface area (Å²) in [5, 5.41) is 2.91. The second-order valence-corrected chi connectivity index (χ2v) is 7.66. The van der Waals surface area contributed by atoms with Crippen LogP contribution in [0.5, 0.6) is 11.5 Å². The van der Waals surface area contributed by atoms with Crippen molar-refractivity contribution in [3.05, 3.63) is 53.1 Å². The van der Waals surface area contributed by atoms with Gasteiger partial charge in [0.25, 0.3) is 0 Å². The maximum Gasteiger partial charge on any atom is 0.243 e. The minimum atomic E-state index is -0.216. The smallest absolute Gasteiger partial charge is 0.243 e. The highest BCUT2D eigenvalue weighted by molar-refractivity contribution is 5.95. The Morgan fingerprint density at radius 1 is 1.00 bits per heavy atom. The monoisotopic (exact) mass is 427 g/mol. The Balaban J connectivity index is 1.89. The molecule has 7 heteroatoms. The fraction of sp³-hybridized carbons (Fsp3) is 0.417. The number of hydrogen-bond donors (Lipinski definition) is 1. The number of para-hydroxylation sites is 1. The third-order valence-electron chi connectivity index (χ3n) is 4.94. The minimum absolute atomic E-state index is 0.00265. The van der Waals surface area contributed by atoms with Gasteiger partial charge in [-0.3, -0.25) is 14.5 Å². The lowest BCUT2D eigenvalue weighted by molar-refractivity contribution is -0.134. The third-order valence-corrected chi connectivity index (χ3v) is 4.94. The fourth-order valence-corrected chi connectivity index (χ4v) is 3.30. The average molecular weight is 428 g/mol. The molecule has 0 spiro atoms. The van der Waals surface area contributed by atoms with Gasteiger partial charge in [-0.15, -0.1) is 0 Å². The molecule has 168 valence electrons. The topological polar surface area (TPSA) is 71.1 Å². The van der Waals surface area contributed by atoms with E-state index in [0.717, 1.165) is 22.4 Å². The number of aryl methyl sites for hydroxylation is 2. The summed E-state index contributed by atoms with van der Waals surface area (Å²) in [6, 6.07) is 11.6. The van der Waals surface area contributed by atoms with Gasteiger partial charge < -0.3 is 19.7 Å². The van der Waals surface area contributed by atoms with Crippen LogP contribution in [0, 0.1) is 13.8 Å². The molecule has 0 heterocycles. The number of amides is 2. The first kappa shape index (κ1) is 24.2. The molecule has 0 bridgehead atoms. The lowest BCUT2D eigenvalue weighted by Crippen LogP contribution is -2.40. The molecule has 2 rings (SSSR count). The van der Waals surface area contributed by atoms with E-state index in [2.05, 4.69) is 5.32 Å². The summed E-state index contributed by atoms with van der Waals surface area (Å²) < 4.78 is 10.9. The Hall–Kier alpha value is -3.06. The number of nitrogens with zero attached hydrogens (tertiary/aromatic N) is 2. The standard InChI is InChI=1S/C24H33N3O4/c1-7-31-20-12-11-19(13-21(20)30-6)14-26(4)16-23(29)27(5)15-22(28)25-24-17(2)9-8-10-18(24)3/h8-13H,7,14-16H2,1-6H3,(H,25,28). The van der Waals surface area contributed by atoms with Gasteiger partial charge in [0.05, 0.1) is 26.8 Å². The van der Waals surface area contributed by atoms with E-state index in [1.54, 1.807) is 14.2 Å². The van der Waals surface area contributed by atoms with Crippen LogP contribution in [0.1, 0.15) is 23.6 Å². The molecule has 0 unspecified atom stereocenters. The molecular weight excluding hydrogens is 394 g/mol. The van der Waals surface area contributed by atoms with Crippen molar-refractivity contribution >= 4 is 17.5 Å². The Kier molecular flexibility index (Phi) is 8.88. The number of benzene rings is 2. The zero-order valence-corrected chi connectivity index (χ0v) is 19.3. The van der Waals surface area contributed by atoms with Crippen LogP contribution in [-0.2, 0) is 16.1 Å². The van der Waals surface area contributed by atoms with Gasteiger partial charge in [-0.2, -0.15) is 0 Å². The van der Waals surface area contributed by atoms with E-state index in [0.29, 0.717) is 24.7 Å². The normalized spacial score (nSPS) is 10.7. The summed E-state index contributed by atoms with van der Waals surface area (Å²) in [7, 11) is 5.11. The quantitative estimate of drug-likeness (QED) is 0.630. The minimum Gasteiger partial charge on any atom is -0.493 e. The molecule has 0 fully saturated rings. The van der Waals surface area contributed by atoms with E-state index in [1.165, 1.54) is 4.90 Å². The van der Waals surface area contributed by atoms with E-state index < -0.39 is 0 Å². The van der Waals surface area contributed by atoms with Gasteiger partial charge in [-0.1, -0.05) is 24.3 Å². The van der Waals surface area contributed by atoms with Crippen LogP contribution < -0.4 is 14.8 Å². The Labute approximate surface area is 184 Å². The van der Waals surface area contributed by atoms with Crippen molar-refractivity contribution in [2.45, 2.75) is 27.3 Å². The van der Waals surface area contributed by atoms with Crippen molar-refractivity contribution in [2.24, 2.45) is 0 Å². The predicted molar refractivity (Wildman–Crippen MR) is 123 cm³/mol. The second kappa shape index (κ2) is 11.4. The highest BCUT2D eigenvalue weighted by Gasteiger charge is 2.17. The fourth-order valence-electron chi connectivity index (χ4n) is 3.30. The van der Waals surface area contributed by atoms with Crippen LogP contribution in [0.2, 0.25) is 0 Å². The number of ether oxygens (including phenoxy) is 2. The average Bonchev–Trinajstić information content (AvgIpc) is 2.72. The molecule has 0 aliphatic rings. The number of nitrogens with one attached hydrogen (secondary N) is 1. The van der Waals surface area contributed by atoms with Gasteiger partial charge in [0.1, 0.15) is 0 Å². The molecule has 0 aromatic heterocycles. The molecule has 0 aliphatic carbocycles. The van der Waals surface area contributed by atoms with Crippen molar-refractivity contribution in [2.75, 3.05) is 46.2 Å². The number of methoxy groups -OCH3 is 1. The van der Waals surface area contributed by atoms with Crippen LogP contribution in [0.4, 0.5) is 5.69 Å². The van der Waals surface area contributed by atoms with Crippen molar-refractivity contribution in [1.29, 1.82) is 0 Å². The predicted octanol–water partition coefficient (Wildman–Crippen LogP) is 3.24. The van der Waals surface area contributed by atoms with Gasteiger partial charge in [0.15, 0.2) is 11.5 Å². The first-order valence-corrected chi connectivity index (χ1v) is 10.3. The van der Waals surface area contributed by atoms with Crippen LogP contribution in [0.25, 0.3) is 0 Å². The van der Waals surface area contributed by atoms with Crippen LogP contribution in [-0.4, -0.2) is 62.5 Å². The number of carbonyl (C=O) groups is 2. The highest BCUT2D eigenvalue weighted by atomic mass is 16.5. The van der Waals surface area contributed by atoms with Gasteiger partial charge in [-0.25, -0.2) is 0 Å². The second-order valence-electron chi connectivity index (χ2n) is 7.66. The van der Waals surface area contributed by atoms with E-state index >= 15 is 0 Å². The van der Waals surface area contributed by atoms with Crippen molar-refractivity contribution in [3.8, 4) is 11.5 Å². The van der Waals surface area contributed by atoms with Crippen LogP contribution >= 0.6 is 0 Å². The molecule has 1 N–H and O–H groups in total. The summed E-state index contributed by atoms with van der Waals surface area (Å²) in [5.74, 6) is 1.02. The molecule has 0 aliphatic heterocycles. The molecule has 2 amide bonds. The van der Waals surface area contributed by atoms with Gasteiger partial charge in [-0.05, 0) is 56.6 Å². The van der Waals surface area contributed by atoms with E-state index in [-0.39, 0.29) is 24.9 Å². The van der Waals surface area contributed by atoms with Gasteiger partial charge in [0, 0.05) is 19.3 Å². The Morgan fingerprint density at radius 2 is 1.68 bits per heavy atom. The number of likely N-dealkylation sites (N-methyl/N-ethyl adjacent to an activating group) is 2. The first-order valence-electron chi connectivity index (χ1n) is 10.3. The molecule has 7 nitrogen and oxygen atoms in total. The first-order chi connectivity index (χ1) is 14.7. The summed E-state index contributed by atoms with van der Waals surface area (Å²) in [4.78, 5) is 28.4. The van der Waals surface area contributed by atoms with E-state index in [4.69, 9.17) is 9.47 Å². The summed E-state index contributed by atoms with van der Waals surface area (Å²) in [6.45, 7) is 7.14. The molecule has 0 saturated heterocycles. The third kappa shape index (κ3) is 7.00. The molecule has 2 aromatic carbocycles. The number of hydrogen-bond acceptors (Lipinski definition) is 5. The summed E-state index contributed by atoms with van der Waals surface area (Å²) in [6.07, 6.45) is 0. The number of rotatable bonds is 10. The number of anilines is 1. The molecule has 0 radical (unpaired) electrons. The molecular formula is C24H33N3O4. The molecule has 0 atom stereocenters. The zero-order chi connectivity index (χ0) is 23.0. The van der Waals surface area contributed by atoms with Crippen LogP contribution in [0.15, 0.2) is 36.4 Å². The largest absolute Gasteiger partial charge is 0.493 e. The molecule has 2 aromatic rings. The van der Waals surface area contributed by atoms with E-state index in [1.807, 2.05) is 69.1 Å². The molecule has 0 saturated carbocycles. The molecule has 31 heavy (non-hydrogen) atoms. The maximum absolute atomic E-state index is 12.6. The van der Waals surface area contributed by atoms with Crippen molar-refractivity contribution in [1.82, 2.24) is 9.80 Å². The maximum atomic E-state index is 12.6. The van der Waals surface area contributed by atoms with Gasteiger partial charge in [0.2, 0.25) is 11.8 Å². The summed E-state index contributed by atoms with van der Waals surface area (Å²) in [5.41, 5.74) is 3.79. The van der Waals surface area contributed by atoms with Crippen molar-refractivity contribution < 1.29 is 19.1 Å². The van der Waals surface area contributed by atoms with E-state index in [9.17, 15) is 9.59 Å². The Bertz CT molecular complexity index is 893. The SMILES string of the molecule is CCOc1ccc(CN(C)CC(=O)N(C)CC(=O)Nc2c(C)cccc2C)cc1OC. The zero-order valence-electron chi connectivity index (χ0n) is 19.3. The highest BCUT2D eigenvalue weighted by Crippen LogP contribution is 2.28. The van der Waals surface area contributed by atoms with Gasteiger partial charge >= 0.3 is 0 Å². The lowest BCUT2D eigenvalue weighted by Gasteiger charge is -2.22. The van der Waals surface area contributed by atoms with Crippen LogP contribution in [0.3, 0.4) is 0 Å². The Morgan fingerprint density at radius 3 is 2.29 bits per heavy atom.